The molecule has 0 saturated carbocycles. The Balaban J connectivity index is 1.98. The smallest absolute Gasteiger partial charge is 0.338 e. The third-order valence-electron chi connectivity index (χ3n) is 4.16. The van der Waals surface area contributed by atoms with E-state index in [0.29, 0.717) is 18.0 Å². The molecule has 3 N–H and O–H groups in total. The van der Waals surface area contributed by atoms with Gasteiger partial charge < -0.3 is 15.8 Å². The van der Waals surface area contributed by atoms with Crippen molar-refractivity contribution in [2.24, 2.45) is 5.73 Å². The van der Waals surface area contributed by atoms with Crippen molar-refractivity contribution in [3.8, 4) is 0 Å². The standard InChI is InChI=1S/C20H26N2O2/c1-14-4-9-19(15(2)10-14)20(23)24-13-16-5-7-17(8-6-16)18(11-21)12-22-3/h4-10,18,22H,11-13,21H2,1-3H3. The molecule has 0 aliphatic rings. The zero-order valence-electron chi connectivity index (χ0n) is 14.6. The number of carbonyl (C=O) groups is 1. The number of ether oxygens (including phenoxy) is 1. The van der Waals surface area contributed by atoms with Crippen LogP contribution in [0.1, 0.15) is 38.5 Å². The SMILES string of the molecule is CNCC(CN)c1ccc(COC(=O)c2ccc(C)cc2C)cc1. The van der Waals surface area contributed by atoms with Crippen molar-refractivity contribution in [3.63, 3.8) is 0 Å². The maximum atomic E-state index is 12.2. The minimum Gasteiger partial charge on any atom is -0.457 e. The number of nitrogens with one attached hydrogen (secondary N) is 1. The molecule has 4 heteroatoms. The van der Waals surface area contributed by atoms with Gasteiger partial charge in [-0.15, -0.1) is 0 Å². The molecule has 1 unspecified atom stereocenters. The fourth-order valence-electron chi connectivity index (χ4n) is 2.74. The summed E-state index contributed by atoms with van der Waals surface area (Å²) < 4.78 is 5.43. The van der Waals surface area contributed by atoms with Crippen LogP contribution < -0.4 is 11.1 Å². The second-order valence-electron chi connectivity index (χ2n) is 6.13. The fourth-order valence-corrected chi connectivity index (χ4v) is 2.74. The summed E-state index contributed by atoms with van der Waals surface area (Å²) in [5.41, 5.74) is 10.7. The summed E-state index contributed by atoms with van der Waals surface area (Å²) in [6.45, 7) is 5.64. The summed E-state index contributed by atoms with van der Waals surface area (Å²) in [6, 6.07) is 13.8. The third-order valence-corrected chi connectivity index (χ3v) is 4.16. The summed E-state index contributed by atoms with van der Waals surface area (Å²) >= 11 is 0. The monoisotopic (exact) mass is 326 g/mol. The molecule has 0 radical (unpaired) electrons. The minimum atomic E-state index is -0.286. The zero-order valence-corrected chi connectivity index (χ0v) is 14.6. The van der Waals surface area contributed by atoms with Gasteiger partial charge in [-0.2, -0.15) is 0 Å². The third kappa shape index (κ3) is 4.66. The second kappa shape index (κ2) is 8.62. The van der Waals surface area contributed by atoms with Gasteiger partial charge in [0.05, 0.1) is 5.56 Å². The van der Waals surface area contributed by atoms with E-state index in [-0.39, 0.29) is 12.6 Å². The number of carbonyl (C=O) groups excluding carboxylic acids is 1. The van der Waals surface area contributed by atoms with Crippen LogP contribution in [-0.4, -0.2) is 26.1 Å². The summed E-state index contributed by atoms with van der Waals surface area (Å²) in [4.78, 5) is 12.2. The highest BCUT2D eigenvalue weighted by atomic mass is 16.5. The van der Waals surface area contributed by atoms with Gasteiger partial charge in [0.1, 0.15) is 6.61 Å². The number of hydrogen-bond donors (Lipinski definition) is 2. The molecular formula is C20H26N2O2. The Hall–Kier alpha value is -2.17. The molecule has 0 amide bonds. The molecule has 0 aliphatic heterocycles. The Bertz CT molecular complexity index is 681. The number of hydrogen-bond acceptors (Lipinski definition) is 4. The molecular weight excluding hydrogens is 300 g/mol. The van der Waals surface area contributed by atoms with E-state index in [1.54, 1.807) is 0 Å². The average molecular weight is 326 g/mol. The van der Waals surface area contributed by atoms with Gasteiger partial charge in [-0.1, -0.05) is 42.0 Å². The van der Waals surface area contributed by atoms with Crippen LogP contribution in [0.15, 0.2) is 42.5 Å². The highest BCUT2D eigenvalue weighted by molar-refractivity contribution is 5.91. The lowest BCUT2D eigenvalue weighted by Crippen LogP contribution is -2.23. The summed E-state index contributed by atoms with van der Waals surface area (Å²) in [5, 5.41) is 3.15. The molecule has 4 nitrogen and oxygen atoms in total. The first-order chi connectivity index (χ1) is 11.5. The van der Waals surface area contributed by atoms with Crippen LogP contribution in [0.4, 0.5) is 0 Å². The molecule has 128 valence electrons. The van der Waals surface area contributed by atoms with Crippen LogP contribution in [-0.2, 0) is 11.3 Å². The fraction of sp³-hybridized carbons (Fsp3) is 0.350. The molecule has 2 aromatic carbocycles. The Morgan fingerprint density at radius 1 is 1.17 bits per heavy atom. The van der Waals surface area contributed by atoms with Crippen molar-refractivity contribution in [1.82, 2.24) is 5.32 Å². The molecule has 0 saturated heterocycles. The topological polar surface area (TPSA) is 64.3 Å². The van der Waals surface area contributed by atoms with Crippen molar-refractivity contribution in [2.45, 2.75) is 26.4 Å². The Morgan fingerprint density at radius 2 is 1.88 bits per heavy atom. The first kappa shape index (κ1) is 18.2. The number of likely N-dealkylation sites (N-methyl/N-ethyl adjacent to an activating group) is 1. The van der Waals surface area contributed by atoms with E-state index < -0.39 is 0 Å². The van der Waals surface area contributed by atoms with Gasteiger partial charge in [0.2, 0.25) is 0 Å². The second-order valence-corrected chi connectivity index (χ2v) is 6.13. The Morgan fingerprint density at radius 3 is 2.46 bits per heavy atom. The van der Waals surface area contributed by atoms with Gasteiger partial charge >= 0.3 is 5.97 Å². The number of rotatable bonds is 7. The molecule has 1 atom stereocenters. The number of nitrogens with two attached hydrogens (primary N) is 1. The summed E-state index contributed by atoms with van der Waals surface area (Å²) in [6.07, 6.45) is 0. The van der Waals surface area contributed by atoms with E-state index in [4.69, 9.17) is 10.5 Å². The number of aryl methyl sites for hydroxylation is 2. The van der Waals surface area contributed by atoms with Crippen molar-refractivity contribution in [2.75, 3.05) is 20.1 Å². The average Bonchev–Trinajstić information content (AvgIpc) is 2.58. The van der Waals surface area contributed by atoms with Gasteiger partial charge in [0, 0.05) is 19.0 Å². The van der Waals surface area contributed by atoms with Crippen molar-refractivity contribution < 1.29 is 9.53 Å². The van der Waals surface area contributed by atoms with Gasteiger partial charge in [-0.25, -0.2) is 4.79 Å². The number of esters is 1. The van der Waals surface area contributed by atoms with E-state index in [2.05, 4.69) is 17.4 Å². The van der Waals surface area contributed by atoms with Crippen LogP contribution in [0.5, 0.6) is 0 Å². The van der Waals surface area contributed by atoms with E-state index in [0.717, 1.165) is 23.2 Å². The maximum Gasteiger partial charge on any atom is 0.338 e. The first-order valence-electron chi connectivity index (χ1n) is 8.23. The highest BCUT2D eigenvalue weighted by Gasteiger charge is 2.11. The molecule has 0 aliphatic carbocycles. The van der Waals surface area contributed by atoms with Gasteiger partial charge in [-0.05, 0) is 43.7 Å². The normalized spacial score (nSPS) is 12.0. The minimum absolute atomic E-state index is 0.270. The molecule has 2 aromatic rings. The Labute approximate surface area is 144 Å². The van der Waals surface area contributed by atoms with Gasteiger partial charge in [0.25, 0.3) is 0 Å². The van der Waals surface area contributed by atoms with Crippen LogP contribution in [0, 0.1) is 13.8 Å². The molecule has 0 spiro atoms. The van der Waals surface area contributed by atoms with E-state index in [9.17, 15) is 4.79 Å². The maximum absolute atomic E-state index is 12.2. The van der Waals surface area contributed by atoms with E-state index >= 15 is 0 Å². The summed E-state index contributed by atoms with van der Waals surface area (Å²) in [7, 11) is 1.92. The molecule has 24 heavy (non-hydrogen) atoms. The lowest BCUT2D eigenvalue weighted by molar-refractivity contribution is 0.0472. The predicted octanol–water partition coefficient (Wildman–Crippen LogP) is 2.92. The lowest BCUT2D eigenvalue weighted by Gasteiger charge is -2.15. The van der Waals surface area contributed by atoms with Crippen LogP contribution >= 0.6 is 0 Å². The van der Waals surface area contributed by atoms with Gasteiger partial charge in [-0.3, -0.25) is 0 Å². The largest absolute Gasteiger partial charge is 0.457 e. The van der Waals surface area contributed by atoms with E-state index in [1.165, 1.54) is 5.56 Å². The molecule has 2 rings (SSSR count). The quantitative estimate of drug-likeness (QED) is 0.768. The lowest BCUT2D eigenvalue weighted by atomic mass is 9.98. The van der Waals surface area contributed by atoms with E-state index in [1.807, 2.05) is 51.2 Å². The highest BCUT2D eigenvalue weighted by Crippen LogP contribution is 2.16. The van der Waals surface area contributed by atoms with Crippen molar-refractivity contribution >= 4 is 5.97 Å². The summed E-state index contributed by atoms with van der Waals surface area (Å²) in [5.74, 6) is 0.00778. The first-order valence-corrected chi connectivity index (χ1v) is 8.23. The van der Waals surface area contributed by atoms with Crippen molar-refractivity contribution in [3.05, 3.63) is 70.3 Å². The van der Waals surface area contributed by atoms with Gasteiger partial charge in [0.15, 0.2) is 0 Å². The molecule has 0 fully saturated rings. The van der Waals surface area contributed by atoms with Crippen LogP contribution in [0.2, 0.25) is 0 Å². The van der Waals surface area contributed by atoms with Crippen LogP contribution in [0.3, 0.4) is 0 Å². The molecule has 0 aromatic heterocycles. The number of benzene rings is 2. The van der Waals surface area contributed by atoms with Crippen LogP contribution in [0.25, 0.3) is 0 Å². The van der Waals surface area contributed by atoms with Crippen molar-refractivity contribution in [1.29, 1.82) is 0 Å². The Kier molecular flexibility index (Phi) is 6.53. The predicted molar refractivity (Wildman–Crippen MR) is 97.2 cm³/mol. The molecule has 0 heterocycles. The zero-order chi connectivity index (χ0) is 17.5. The molecule has 0 bridgehead atoms.